The number of aryl methyl sites for hydroxylation is 1. The van der Waals surface area contributed by atoms with Gasteiger partial charge in [0.25, 0.3) is 0 Å². The lowest BCUT2D eigenvalue weighted by atomic mass is 10.2. The van der Waals surface area contributed by atoms with Crippen molar-refractivity contribution in [2.45, 2.75) is 30.2 Å². The number of nitrogens with zero attached hydrogens (tertiary/aromatic N) is 6. The Hall–Kier alpha value is -3.01. The van der Waals surface area contributed by atoms with E-state index in [1.54, 1.807) is 29.2 Å². The fourth-order valence-corrected chi connectivity index (χ4v) is 6.06. The highest BCUT2D eigenvalue weighted by Gasteiger charge is 2.20. The van der Waals surface area contributed by atoms with Crippen molar-refractivity contribution in [3.63, 3.8) is 0 Å². The molecule has 12 heteroatoms. The van der Waals surface area contributed by atoms with Gasteiger partial charge in [-0.3, -0.25) is 4.40 Å². The number of thiazole rings is 1. The smallest absolute Gasteiger partial charge is 0.282 e. The molecule has 8 nitrogen and oxygen atoms in total. The molecule has 35 heavy (non-hydrogen) atoms. The monoisotopic (exact) mass is 544 g/mol. The number of rotatable bonds is 5. The van der Waals surface area contributed by atoms with Gasteiger partial charge in [-0.15, -0.1) is 22.0 Å². The number of hydrogen-bond donors (Lipinski definition) is 0. The van der Waals surface area contributed by atoms with Gasteiger partial charge in [-0.05, 0) is 31.2 Å². The molecular formula is C23H18Cl2N6O2S2. The molecule has 5 rings (SSSR count). The van der Waals surface area contributed by atoms with E-state index < -0.39 is 0 Å². The van der Waals surface area contributed by atoms with Crippen LogP contribution in [0.5, 0.6) is 0 Å². The average Bonchev–Trinajstić information content (AvgIpc) is 3.52. The van der Waals surface area contributed by atoms with E-state index in [1.807, 2.05) is 58.7 Å². The first kappa shape index (κ1) is 25.1. The third-order valence-electron chi connectivity index (χ3n) is 4.77. The number of pyridine rings is 1. The summed E-state index contributed by atoms with van der Waals surface area (Å²) in [6.07, 6.45) is 4.16. The number of benzene rings is 1. The van der Waals surface area contributed by atoms with E-state index in [0.717, 1.165) is 43.3 Å². The Bertz CT molecular complexity index is 1540. The molecule has 0 amide bonds. The van der Waals surface area contributed by atoms with Crippen molar-refractivity contribution in [3.05, 3.63) is 64.5 Å². The molecule has 0 aliphatic rings. The summed E-state index contributed by atoms with van der Waals surface area (Å²) >= 11 is 15.8. The van der Waals surface area contributed by atoms with E-state index in [1.165, 1.54) is 0 Å². The Morgan fingerprint density at radius 3 is 2.57 bits per heavy atom. The topological polar surface area (TPSA) is 95.0 Å². The van der Waals surface area contributed by atoms with Crippen LogP contribution in [0.4, 0.5) is 0 Å². The van der Waals surface area contributed by atoms with Crippen LogP contribution < -0.4 is 0 Å². The molecule has 1 aromatic carbocycles. The lowest BCUT2D eigenvalue weighted by molar-refractivity contribution is -0.191. The van der Waals surface area contributed by atoms with E-state index in [9.17, 15) is 0 Å². The van der Waals surface area contributed by atoms with Crippen molar-refractivity contribution in [3.8, 4) is 27.8 Å². The summed E-state index contributed by atoms with van der Waals surface area (Å²) in [7, 11) is 0. The van der Waals surface area contributed by atoms with Crippen molar-refractivity contribution in [1.29, 1.82) is 0 Å². The summed E-state index contributed by atoms with van der Waals surface area (Å²) in [5.41, 5.74) is 4.37. The summed E-state index contributed by atoms with van der Waals surface area (Å²) in [5.74, 6) is 0.752. The van der Waals surface area contributed by atoms with Gasteiger partial charge >= 0.3 is 6.15 Å². The summed E-state index contributed by atoms with van der Waals surface area (Å²) in [6, 6.07) is 11.4. The molecule has 4 aromatic heterocycles. The SMILES string of the molecule is Cc1nn(-c2nc(-c3ccc(Cl)c(Cl)c3)c(SC(C)C)s2)cc1-c1nnc2ccccn12.O=C=O. The van der Waals surface area contributed by atoms with Gasteiger partial charge in [-0.2, -0.15) is 14.7 Å². The van der Waals surface area contributed by atoms with Crippen LogP contribution in [0.3, 0.4) is 0 Å². The minimum Gasteiger partial charge on any atom is -0.282 e. The summed E-state index contributed by atoms with van der Waals surface area (Å²) in [6.45, 7) is 6.29. The quantitative estimate of drug-likeness (QED) is 0.241. The maximum absolute atomic E-state index is 8.12. The molecule has 0 aliphatic carbocycles. The Morgan fingerprint density at radius 2 is 1.86 bits per heavy atom. The van der Waals surface area contributed by atoms with Gasteiger partial charge in [0.05, 0.1) is 31.2 Å². The molecule has 0 saturated carbocycles. The molecule has 0 radical (unpaired) electrons. The van der Waals surface area contributed by atoms with Crippen molar-refractivity contribution < 1.29 is 9.59 Å². The van der Waals surface area contributed by atoms with Gasteiger partial charge < -0.3 is 0 Å². The summed E-state index contributed by atoms with van der Waals surface area (Å²) in [4.78, 5) is 21.2. The first-order valence-corrected chi connectivity index (χ1v) is 12.8. The zero-order valence-electron chi connectivity index (χ0n) is 18.8. The second-order valence-corrected chi connectivity index (χ2v) is 11.2. The van der Waals surface area contributed by atoms with E-state index in [0.29, 0.717) is 15.3 Å². The molecule has 0 saturated heterocycles. The third kappa shape index (κ3) is 5.32. The van der Waals surface area contributed by atoms with Crippen LogP contribution in [-0.4, -0.2) is 40.8 Å². The maximum Gasteiger partial charge on any atom is 0.373 e. The van der Waals surface area contributed by atoms with Gasteiger partial charge in [-0.1, -0.05) is 60.5 Å². The maximum atomic E-state index is 8.12. The molecule has 0 fully saturated rings. The Morgan fingerprint density at radius 1 is 1.09 bits per heavy atom. The zero-order valence-corrected chi connectivity index (χ0v) is 21.9. The van der Waals surface area contributed by atoms with Crippen molar-refractivity contribution in [2.24, 2.45) is 0 Å². The van der Waals surface area contributed by atoms with E-state index >= 15 is 0 Å². The van der Waals surface area contributed by atoms with E-state index in [4.69, 9.17) is 42.9 Å². The van der Waals surface area contributed by atoms with Crippen LogP contribution in [0, 0.1) is 6.92 Å². The van der Waals surface area contributed by atoms with Crippen molar-refractivity contribution in [1.82, 2.24) is 29.4 Å². The highest BCUT2D eigenvalue weighted by Crippen LogP contribution is 2.41. The molecule has 0 atom stereocenters. The summed E-state index contributed by atoms with van der Waals surface area (Å²) < 4.78 is 4.87. The first-order chi connectivity index (χ1) is 16.8. The molecule has 5 aromatic rings. The van der Waals surface area contributed by atoms with Gasteiger partial charge in [0.1, 0.15) is 0 Å². The minimum absolute atomic E-state index is 0.250. The van der Waals surface area contributed by atoms with Gasteiger partial charge in [0.15, 0.2) is 11.5 Å². The Balaban J connectivity index is 0.000000917. The predicted molar refractivity (Wildman–Crippen MR) is 137 cm³/mol. The minimum atomic E-state index is 0.250. The van der Waals surface area contributed by atoms with Crippen LogP contribution in [-0.2, 0) is 9.59 Å². The van der Waals surface area contributed by atoms with Crippen molar-refractivity contribution >= 4 is 58.1 Å². The number of hydrogen-bond acceptors (Lipinski definition) is 8. The standard InChI is InChI=1S/C22H18Cl2N6S2.CO2/c1-12(2)31-21-19(14-7-8-16(23)17(24)10-14)25-22(32-21)30-11-15(13(3)28-30)20-27-26-18-6-4-5-9-29(18)20;2-1-3/h4-12H,1-3H3;. The lowest BCUT2D eigenvalue weighted by Gasteiger charge is -2.05. The zero-order chi connectivity index (χ0) is 25.1. The number of halogens is 2. The second-order valence-electron chi connectivity index (χ2n) is 7.54. The molecule has 0 spiro atoms. The highest BCUT2D eigenvalue weighted by molar-refractivity contribution is 8.01. The van der Waals surface area contributed by atoms with E-state index in [2.05, 4.69) is 24.0 Å². The predicted octanol–water partition coefficient (Wildman–Crippen LogP) is 6.24. The van der Waals surface area contributed by atoms with Gasteiger partial charge in [-0.25, -0.2) is 9.67 Å². The Kier molecular flexibility index (Phi) is 7.69. The van der Waals surface area contributed by atoms with Crippen LogP contribution in [0.15, 0.2) is 53.0 Å². The lowest BCUT2D eigenvalue weighted by Crippen LogP contribution is -1.94. The molecule has 178 valence electrons. The number of carbonyl (C=O) groups excluding carboxylic acids is 2. The normalized spacial score (nSPS) is 10.9. The molecular weight excluding hydrogens is 527 g/mol. The number of thioether (sulfide) groups is 1. The van der Waals surface area contributed by atoms with Gasteiger partial charge in [0.2, 0.25) is 5.13 Å². The van der Waals surface area contributed by atoms with Crippen LogP contribution in [0.2, 0.25) is 10.0 Å². The fourth-order valence-electron chi connectivity index (χ4n) is 3.32. The van der Waals surface area contributed by atoms with E-state index in [-0.39, 0.29) is 6.15 Å². The third-order valence-corrected chi connectivity index (χ3v) is 7.77. The highest BCUT2D eigenvalue weighted by atomic mass is 35.5. The molecule has 0 bridgehead atoms. The van der Waals surface area contributed by atoms with Crippen molar-refractivity contribution in [2.75, 3.05) is 0 Å². The largest absolute Gasteiger partial charge is 0.373 e. The first-order valence-electron chi connectivity index (χ1n) is 10.3. The Labute approximate surface area is 218 Å². The molecule has 0 unspecified atom stereocenters. The fraction of sp³-hybridized carbons (Fsp3) is 0.174. The molecule has 0 N–H and O–H groups in total. The second kappa shape index (κ2) is 10.7. The van der Waals surface area contributed by atoms with Crippen LogP contribution >= 0.6 is 46.3 Å². The average molecular weight is 545 g/mol. The number of aromatic nitrogens is 6. The van der Waals surface area contributed by atoms with Crippen LogP contribution in [0.1, 0.15) is 19.5 Å². The number of fused-ring (bicyclic) bond motifs is 1. The molecule has 0 aliphatic heterocycles. The van der Waals surface area contributed by atoms with Crippen LogP contribution in [0.25, 0.3) is 33.4 Å². The molecule has 4 heterocycles. The van der Waals surface area contributed by atoms with Gasteiger partial charge in [0, 0.05) is 23.2 Å². The summed E-state index contributed by atoms with van der Waals surface area (Å²) in [5, 5.41) is 15.6.